The van der Waals surface area contributed by atoms with E-state index in [1.165, 1.54) is 0 Å². The number of ether oxygens (including phenoxy) is 1. The molecule has 4 unspecified atom stereocenters. The summed E-state index contributed by atoms with van der Waals surface area (Å²) in [6, 6.07) is 6.76. The molecule has 27 heavy (non-hydrogen) atoms. The fraction of sp³-hybridized carbons (Fsp3) is 0.556. The lowest BCUT2D eigenvalue weighted by atomic mass is 9.76. The van der Waals surface area contributed by atoms with Gasteiger partial charge in [-0.1, -0.05) is 12.1 Å². The minimum absolute atomic E-state index is 0.0386. The van der Waals surface area contributed by atoms with E-state index in [0.717, 1.165) is 5.56 Å². The van der Waals surface area contributed by atoms with Crippen LogP contribution < -0.4 is 20.7 Å². The predicted molar refractivity (Wildman–Crippen MR) is 90.6 cm³/mol. The molecule has 3 rings (SSSR count). The summed E-state index contributed by atoms with van der Waals surface area (Å²) in [5, 5.41) is 8.19. The molecule has 9 heteroatoms. The fourth-order valence-electron chi connectivity index (χ4n) is 3.68. The van der Waals surface area contributed by atoms with Gasteiger partial charge in [-0.05, 0) is 37.0 Å². The van der Waals surface area contributed by atoms with Gasteiger partial charge in [-0.2, -0.15) is 13.2 Å². The number of hydrogen-bond donors (Lipinski definition) is 3. The van der Waals surface area contributed by atoms with E-state index in [4.69, 9.17) is 4.74 Å². The normalized spacial score (nSPS) is 28.1. The first kappa shape index (κ1) is 19.5. The first-order valence-electron chi connectivity index (χ1n) is 8.81. The molecule has 3 N–H and O–H groups in total. The number of benzene rings is 1. The van der Waals surface area contributed by atoms with E-state index in [1.54, 1.807) is 25.3 Å². The fourth-order valence-corrected chi connectivity index (χ4v) is 3.68. The number of hydrogen-bond acceptors (Lipinski definition) is 4. The third kappa shape index (κ3) is 4.52. The van der Waals surface area contributed by atoms with Crippen molar-refractivity contribution >= 4 is 11.8 Å². The molecule has 1 aromatic rings. The maximum atomic E-state index is 12.9. The molecule has 1 heterocycles. The third-order valence-electron chi connectivity index (χ3n) is 5.18. The second-order valence-electron chi connectivity index (χ2n) is 6.94. The number of methoxy groups -OCH3 is 1. The first-order valence-corrected chi connectivity index (χ1v) is 8.81. The number of alkyl halides is 3. The molecule has 0 radical (unpaired) electrons. The van der Waals surface area contributed by atoms with Crippen molar-refractivity contribution in [3.8, 4) is 5.75 Å². The molecule has 2 aliphatic rings. The summed E-state index contributed by atoms with van der Waals surface area (Å²) in [4.78, 5) is 24.6. The summed E-state index contributed by atoms with van der Waals surface area (Å²) in [6.45, 7) is 0.244. The Bertz CT molecular complexity index is 711. The van der Waals surface area contributed by atoms with E-state index < -0.39 is 42.0 Å². The zero-order valence-electron chi connectivity index (χ0n) is 14.8. The van der Waals surface area contributed by atoms with Crippen LogP contribution in [0, 0.1) is 11.8 Å². The number of halogens is 3. The topological polar surface area (TPSA) is 79.5 Å². The smallest absolute Gasteiger partial charge is 0.391 e. The van der Waals surface area contributed by atoms with Crippen LogP contribution in [-0.4, -0.2) is 37.3 Å². The lowest BCUT2D eigenvalue weighted by molar-refractivity contribution is -0.189. The summed E-state index contributed by atoms with van der Waals surface area (Å²) >= 11 is 0. The molecule has 1 aromatic carbocycles. The van der Waals surface area contributed by atoms with Gasteiger partial charge >= 0.3 is 6.18 Å². The van der Waals surface area contributed by atoms with Crippen molar-refractivity contribution in [2.24, 2.45) is 11.8 Å². The highest BCUT2D eigenvalue weighted by Crippen LogP contribution is 2.40. The molecule has 0 bridgehead atoms. The molecular formula is C18H22F3N3O3. The maximum absolute atomic E-state index is 12.9. The van der Waals surface area contributed by atoms with E-state index in [1.807, 2.05) is 6.07 Å². The lowest BCUT2D eigenvalue weighted by Gasteiger charge is -2.42. The molecule has 2 amide bonds. The maximum Gasteiger partial charge on any atom is 0.391 e. The van der Waals surface area contributed by atoms with Crippen molar-refractivity contribution in [2.75, 3.05) is 7.11 Å². The SMILES string of the molecule is COc1cccc(CNC(=O)C2NC(=O)C3CC(C(F)(F)F)CCC3N2)c1. The van der Waals surface area contributed by atoms with Gasteiger partial charge in [-0.15, -0.1) is 0 Å². The molecule has 2 fully saturated rings. The quantitative estimate of drug-likeness (QED) is 0.737. The highest BCUT2D eigenvalue weighted by atomic mass is 19.4. The van der Waals surface area contributed by atoms with Gasteiger partial charge in [-0.3, -0.25) is 14.9 Å². The van der Waals surface area contributed by atoms with Crippen LogP contribution >= 0.6 is 0 Å². The summed E-state index contributed by atoms with van der Waals surface area (Å²) in [7, 11) is 1.54. The van der Waals surface area contributed by atoms with Gasteiger partial charge < -0.3 is 15.4 Å². The monoisotopic (exact) mass is 385 g/mol. The van der Waals surface area contributed by atoms with Crippen LogP contribution in [0.15, 0.2) is 24.3 Å². The van der Waals surface area contributed by atoms with Gasteiger partial charge in [0.05, 0.1) is 18.9 Å². The number of rotatable bonds is 4. The molecule has 1 aliphatic carbocycles. The standard InChI is InChI=1S/C18H22F3N3O3/c1-27-12-4-2-3-10(7-12)9-22-17(26)15-23-14-6-5-11(18(19,20)21)8-13(14)16(25)24-15/h2-4,7,11,13-15,23H,5-6,8-9H2,1H3,(H,22,26)(H,24,25). The van der Waals surface area contributed by atoms with Crippen LogP contribution in [0.25, 0.3) is 0 Å². The van der Waals surface area contributed by atoms with Crippen LogP contribution in [0.3, 0.4) is 0 Å². The number of nitrogens with one attached hydrogen (secondary N) is 3. The number of amides is 2. The van der Waals surface area contributed by atoms with Gasteiger partial charge in [0.1, 0.15) is 5.75 Å². The Kier molecular flexibility index (Phi) is 5.59. The van der Waals surface area contributed by atoms with Crippen molar-refractivity contribution in [3.05, 3.63) is 29.8 Å². The van der Waals surface area contributed by atoms with Crippen molar-refractivity contribution in [3.63, 3.8) is 0 Å². The van der Waals surface area contributed by atoms with Crippen molar-refractivity contribution in [1.29, 1.82) is 0 Å². The van der Waals surface area contributed by atoms with Crippen LogP contribution in [0.1, 0.15) is 24.8 Å². The first-order chi connectivity index (χ1) is 12.8. The Morgan fingerprint density at radius 2 is 2.11 bits per heavy atom. The van der Waals surface area contributed by atoms with Gasteiger partial charge in [-0.25, -0.2) is 0 Å². The van der Waals surface area contributed by atoms with Crippen LogP contribution in [0.5, 0.6) is 5.75 Å². The second-order valence-corrected chi connectivity index (χ2v) is 6.94. The predicted octanol–water partition coefficient (Wildman–Crippen LogP) is 1.70. The minimum Gasteiger partial charge on any atom is -0.497 e. The van der Waals surface area contributed by atoms with Gasteiger partial charge in [0.15, 0.2) is 6.17 Å². The minimum atomic E-state index is -4.30. The highest BCUT2D eigenvalue weighted by molar-refractivity contribution is 5.89. The highest BCUT2D eigenvalue weighted by Gasteiger charge is 2.49. The third-order valence-corrected chi connectivity index (χ3v) is 5.18. The van der Waals surface area contributed by atoms with E-state index in [2.05, 4.69) is 16.0 Å². The number of carbonyl (C=O) groups is 2. The Balaban J connectivity index is 1.56. The van der Waals surface area contributed by atoms with Crippen LogP contribution in [-0.2, 0) is 16.1 Å². The summed E-state index contributed by atoms with van der Waals surface area (Å²) < 4.78 is 43.9. The van der Waals surface area contributed by atoms with E-state index in [-0.39, 0.29) is 25.8 Å². The summed E-state index contributed by atoms with van der Waals surface area (Å²) in [5.74, 6) is -2.51. The lowest BCUT2D eigenvalue weighted by Crippen LogP contribution is -2.67. The van der Waals surface area contributed by atoms with Crippen molar-refractivity contribution in [1.82, 2.24) is 16.0 Å². The average Bonchev–Trinajstić information content (AvgIpc) is 2.65. The van der Waals surface area contributed by atoms with Crippen LogP contribution in [0.4, 0.5) is 13.2 Å². The largest absolute Gasteiger partial charge is 0.497 e. The van der Waals surface area contributed by atoms with E-state index in [9.17, 15) is 22.8 Å². The number of carbonyl (C=O) groups excluding carboxylic acids is 2. The summed E-state index contributed by atoms with van der Waals surface area (Å²) in [6.07, 6.45) is -5.32. The van der Waals surface area contributed by atoms with E-state index >= 15 is 0 Å². The Morgan fingerprint density at radius 1 is 1.33 bits per heavy atom. The van der Waals surface area contributed by atoms with Gasteiger partial charge in [0.25, 0.3) is 5.91 Å². The molecule has 1 aliphatic heterocycles. The summed E-state index contributed by atoms with van der Waals surface area (Å²) in [5.41, 5.74) is 0.827. The van der Waals surface area contributed by atoms with Crippen molar-refractivity contribution < 1.29 is 27.5 Å². The molecular weight excluding hydrogens is 363 g/mol. The molecule has 6 nitrogen and oxygen atoms in total. The number of fused-ring (bicyclic) bond motifs is 1. The molecule has 148 valence electrons. The molecule has 1 saturated carbocycles. The molecule has 0 aromatic heterocycles. The van der Waals surface area contributed by atoms with Crippen LogP contribution in [0.2, 0.25) is 0 Å². The van der Waals surface area contributed by atoms with Gasteiger partial charge in [0.2, 0.25) is 5.91 Å². The molecule has 1 saturated heterocycles. The Labute approximate surface area is 154 Å². The van der Waals surface area contributed by atoms with E-state index in [0.29, 0.717) is 5.75 Å². The van der Waals surface area contributed by atoms with Gasteiger partial charge in [0, 0.05) is 12.6 Å². The Morgan fingerprint density at radius 3 is 2.81 bits per heavy atom. The zero-order valence-corrected chi connectivity index (χ0v) is 14.8. The average molecular weight is 385 g/mol. The molecule has 4 atom stereocenters. The van der Waals surface area contributed by atoms with Crippen molar-refractivity contribution in [2.45, 2.75) is 44.2 Å². The second kappa shape index (κ2) is 7.75. The molecule has 0 spiro atoms. The Hall–Kier alpha value is -2.29. The zero-order chi connectivity index (χ0) is 19.6.